The number of pyridine rings is 1. The zero-order valence-corrected chi connectivity index (χ0v) is 15.0. The highest BCUT2D eigenvalue weighted by Crippen LogP contribution is 2.33. The van der Waals surface area contributed by atoms with Crippen LogP contribution in [0.2, 0.25) is 0 Å². The number of anilines is 1. The summed E-state index contributed by atoms with van der Waals surface area (Å²) >= 11 is 0. The van der Waals surface area contributed by atoms with Gasteiger partial charge in [-0.05, 0) is 42.2 Å². The Balaban J connectivity index is 1.90. The third-order valence-corrected chi connectivity index (χ3v) is 4.39. The van der Waals surface area contributed by atoms with Crippen molar-refractivity contribution in [3.05, 3.63) is 77.0 Å². The van der Waals surface area contributed by atoms with Crippen LogP contribution in [-0.4, -0.2) is 4.98 Å². The van der Waals surface area contributed by atoms with Gasteiger partial charge in [0.25, 0.3) is 0 Å². The average molecular weight is 343 g/mol. The first-order valence-electron chi connectivity index (χ1n) is 8.60. The fourth-order valence-electron chi connectivity index (χ4n) is 3.09. The van der Waals surface area contributed by atoms with Gasteiger partial charge in [-0.2, -0.15) is 5.26 Å². The number of hydrogen-bond donors (Lipinski definition) is 1. The van der Waals surface area contributed by atoms with Crippen molar-refractivity contribution >= 4 is 5.82 Å². The van der Waals surface area contributed by atoms with Crippen molar-refractivity contribution in [1.29, 1.82) is 5.26 Å². The molecule has 130 valence electrons. The lowest BCUT2D eigenvalue weighted by atomic mass is 9.93. The molecule has 0 saturated carbocycles. The second kappa shape index (κ2) is 7.71. The van der Waals surface area contributed by atoms with Crippen molar-refractivity contribution in [3.8, 4) is 22.9 Å². The van der Waals surface area contributed by atoms with Gasteiger partial charge >= 0.3 is 0 Å². The Morgan fingerprint density at radius 3 is 2.38 bits per heavy atom. The van der Waals surface area contributed by atoms with E-state index in [0.29, 0.717) is 12.2 Å². The Morgan fingerprint density at radius 1 is 1.08 bits per heavy atom. The Kier molecular flexibility index (Phi) is 5.19. The van der Waals surface area contributed by atoms with Gasteiger partial charge in [-0.3, -0.25) is 0 Å². The first-order valence-corrected chi connectivity index (χ1v) is 8.60. The van der Waals surface area contributed by atoms with Crippen LogP contribution in [0.4, 0.5) is 5.82 Å². The number of aryl methyl sites for hydroxylation is 1. The molecule has 3 rings (SSSR count). The number of rotatable bonds is 5. The lowest BCUT2D eigenvalue weighted by Gasteiger charge is -2.15. The molecule has 0 aliphatic carbocycles. The number of benzene rings is 2. The number of nitrogen functional groups attached to an aromatic ring is 1. The number of nitrogens with two attached hydrogens (primary N) is 1. The van der Waals surface area contributed by atoms with Gasteiger partial charge in [0, 0.05) is 11.3 Å². The largest absolute Gasteiger partial charge is 0.489 e. The van der Waals surface area contributed by atoms with E-state index in [0.717, 1.165) is 40.1 Å². The Bertz CT molecular complexity index is 942. The molecule has 26 heavy (non-hydrogen) atoms. The fourth-order valence-corrected chi connectivity index (χ4v) is 3.09. The molecule has 0 amide bonds. The second-order valence-corrected chi connectivity index (χ2v) is 6.08. The van der Waals surface area contributed by atoms with Gasteiger partial charge in [0.05, 0.1) is 0 Å². The number of nitrogens with zero attached hydrogens (tertiary/aromatic N) is 2. The highest BCUT2D eigenvalue weighted by Gasteiger charge is 2.17. The summed E-state index contributed by atoms with van der Waals surface area (Å²) in [5, 5.41) is 9.54. The second-order valence-electron chi connectivity index (χ2n) is 6.08. The molecule has 0 saturated heterocycles. The summed E-state index contributed by atoms with van der Waals surface area (Å²) in [5.41, 5.74) is 11.3. The van der Waals surface area contributed by atoms with E-state index in [9.17, 15) is 5.26 Å². The SMILES string of the molecule is CCc1c(C)nc(N)c(C#N)c1-c1ccc(OCc2ccccc2)cc1. The molecule has 0 fully saturated rings. The number of ether oxygens (including phenoxy) is 1. The monoisotopic (exact) mass is 343 g/mol. The van der Waals surface area contributed by atoms with Crippen LogP contribution in [0.3, 0.4) is 0 Å². The van der Waals surface area contributed by atoms with Crippen molar-refractivity contribution in [1.82, 2.24) is 4.98 Å². The van der Waals surface area contributed by atoms with Crippen LogP contribution in [0.1, 0.15) is 29.3 Å². The summed E-state index contributed by atoms with van der Waals surface area (Å²) in [6.45, 7) is 4.50. The molecular formula is C22H21N3O. The smallest absolute Gasteiger partial charge is 0.142 e. The van der Waals surface area contributed by atoms with Gasteiger partial charge in [-0.15, -0.1) is 0 Å². The highest BCUT2D eigenvalue weighted by atomic mass is 16.5. The summed E-state index contributed by atoms with van der Waals surface area (Å²) in [5.74, 6) is 1.06. The summed E-state index contributed by atoms with van der Waals surface area (Å²) in [6, 6.07) is 20.0. The van der Waals surface area contributed by atoms with Gasteiger partial charge in [0.15, 0.2) is 0 Å². The van der Waals surface area contributed by atoms with E-state index in [1.165, 1.54) is 0 Å². The number of hydrogen-bond acceptors (Lipinski definition) is 4. The maximum atomic E-state index is 9.54. The van der Waals surface area contributed by atoms with Crippen molar-refractivity contribution in [3.63, 3.8) is 0 Å². The highest BCUT2D eigenvalue weighted by molar-refractivity contribution is 5.79. The molecule has 2 N–H and O–H groups in total. The van der Waals surface area contributed by atoms with Crippen LogP contribution >= 0.6 is 0 Å². The Labute approximate surface area is 153 Å². The average Bonchev–Trinajstić information content (AvgIpc) is 2.67. The third kappa shape index (κ3) is 3.52. The summed E-state index contributed by atoms with van der Waals surface area (Å²) in [6.07, 6.45) is 0.787. The van der Waals surface area contributed by atoms with Gasteiger partial charge < -0.3 is 10.5 Å². The number of nitriles is 1. The van der Waals surface area contributed by atoms with E-state index in [-0.39, 0.29) is 5.82 Å². The minimum atomic E-state index is 0.279. The van der Waals surface area contributed by atoms with Crippen LogP contribution in [0.25, 0.3) is 11.1 Å². The van der Waals surface area contributed by atoms with Gasteiger partial charge in [-0.1, -0.05) is 49.4 Å². The van der Waals surface area contributed by atoms with Crippen molar-refractivity contribution in [2.45, 2.75) is 26.9 Å². The molecule has 4 heteroatoms. The number of aromatic nitrogens is 1. The molecule has 0 aliphatic heterocycles. The molecule has 0 atom stereocenters. The summed E-state index contributed by atoms with van der Waals surface area (Å²) in [4.78, 5) is 4.31. The molecule has 4 nitrogen and oxygen atoms in total. The lowest BCUT2D eigenvalue weighted by Crippen LogP contribution is -2.05. The van der Waals surface area contributed by atoms with Crippen molar-refractivity contribution in [2.24, 2.45) is 0 Å². The first kappa shape index (κ1) is 17.5. The summed E-state index contributed by atoms with van der Waals surface area (Å²) < 4.78 is 5.84. The predicted octanol–water partition coefficient (Wildman–Crippen LogP) is 4.65. The maximum Gasteiger partial charge on any atom is 0.142 e. The molecule has 0 bridgehead atoms. The van der Waals surface area contributed by atoms with Crippen LogP contribution in [0, 0.1) is 18.3 Å². The van der Waals surface area contributed by atoms with Crippen LogP contribution < -0.4 is 10.5 Å². The molecule has 1 heterocycles. The van der Waals surface area contributed by atoms with E-state index in [1.54, 1.807) is 0 Å². The maximum absolute atomic E-state index is 9.54. The van der Waals surface area contributed by atoms with E-state index in [1.807, 2.05) is 61.5 Å². The van der Waals surface area contributed by atoms with Gasteiger partial charge in [0.2, 0.25) is 0 Å². The molecule has 0 unspecified atom stereocenters. The zero-order valence-electron chi connectivity index (χ0n) is 15.0. The normalized spacial score (nSPS) is 10.3. The fraction of sp³-hybridized carbons (Fsp3) is 0.182. The minimum Gasteiger partial charge on any atom is -0.489 e. The quantitative estimate of drug-likeness (QED) is 0.732. The van der Waals surface area contributed by atoms with Crippen LogP contribution in [0.15, 0.2) is 54.6 Å². The standard InChI is InChI=1S/C22H21N3O/c1-3-19-15(2)25-22(24)20(13-23)21(19)17-9-11-18(12-10-17)26-14-16-7-5-4-6-8-16/h4-12H,3,14H2,1-2H3,(H2,24,25). The van der Waals surface area contributed by atoms with Crippen LogP contribution in [-0.2, 0) is 13.0 Å². The first-order chi connectivity index (χ1) is 12.6. The van der Waals surface area contributed by atoms with E-state index >= 15 is 0 Å². The Hall–Kier alpha value is -3.32. The molecular weight excluding hydrogens is 322 g/mol. The van der Waals surface area contributed by atoms with Crippen LogP contribution in [0.5, 0.6) is 5.75 Å². The van der Waals surface area contributed by atoms with E-state index < -0.39 is 0 Å². The van der Waals surface area contributed by atoms with E-state index in [4.69, 9.17) is 10.5 Å². The molecule has 0 aliphatic rings. The topological polar surface area (TPSA) is 71.9 Å². The van der Waals surface area contributed by atoms with Gasteiger partial charge in [0.1, 0.15) is 29.8 Å². The lowest BCUT2D eigenvalue weighted by molar-refractivity contribution is 0.306. The van der Waals surface area contributed by atoms with Crippen molar-refractivity contribution in [2.75, 3.05) is 5.73 Å². The Morgan fingerprint density at radius 2 is 1.77 bits per heavy atom. The molecule has 2 aromatic carbocycles. The third-order valence-electron chi connectivity index (χ3n) is 4.39. The molecule has 1 aromatic heterocycles. The minimum absolute atomic E-state index is 0.279. The van der Waals surface area contributed by atoms with Gasteiger partial charge in [-0.25, -0.2) is 4.98 Å². The summed E-state index contributed by atoms with van der Waals surface area (Å²) in [7, 11) is 0. The van der Waals surface area contributed by atoms with E-state index in [2.05, 4.69) is 18.0 Å². The molecule has 0 radical (unpaired) electrons. The molecule has 0 spiro atoms. The van der Waals surface area contributed by atoms with Crippen molar-refractivity contribution < 1.29 is 4.74 Å². The predicted molar refractivity (Wildman–Crippen MR) is 104 cm³/mol. The zero-order chi connectivity index (χ0) is 18.5. The molecule has 3 aromatic rings.